The molecule has 0 aliphatic heterocycles. The first-order valence-corrected chi connectivity index (χ1v) is 8.87. The van der Waals surface area contributed by atoms with Gasteiger partial charge in [-0.1, -0.05) is 35.1 Å². The number of para-hydroxylation sites is 1. The van der Waals surface area contributed by atoms with Crippen molar-refractivity contribution in [3.8, 4) is 22.9 Å². The van der Waals surface area contributed by atoms with Gasteiger partial charge >= 0.3 is 0 Å². The molecule has 0 bridgehead atoms. The van der Waals surface area contributed by atoms with Gasteiger partial charge in [0.15, 0.2) is 5.82 Å². The van der Waals surface area contributed by atoms with Crippen LogP contribution < -0.4 is 4.74 Å². The number of benzene rings is 2. The zero-order valence-corrected chi connectivity index (χ0v) is 14.8. The lowest BCUT2D eigenvalue weighted by Gasteiger charge is -1.98. The topological polar surface area (TPSA) is 78.9 Å². The molecule has 2 aromatic carbocycles. The highest BCUT2D eigenvalue weighted by atomic mass is 32.2. The van der Waals surface area contributed by atoms with Crippen LogP contribution in [0.1, 0.15) is 5.82 Å². The summed E-state index contributed by atoms with van der Waals surface area (Å²) in [4.78, 5) is 8.72. The summed E-state index contributed by atoms with van der Waals surface area (Å²) in [5.74, 6) is 2.38. The minimum atomic E-state index is 0.478. The monoisotopic (exact) mass is 365 g/mol. The largest absolute Gasteiger partial charge is 0.497 e. The van der Waals surface area contributed by atoms with Gasteiger partial charge in [0, 0.05) is 5.56 Å². The SMILES string of the molecule is COc1ccc(-c2nc(CSc3ncn(-c4ccccc4)n3)no2)cc1. The minimum Gasteiger partial charge on any atom is -0.497 e. The predicted octanol–water partition coefficient (Wildman–Crippen LogP) is 3.62. The van der Waals surface area contributed by atoms with Crippen LogP contribution in [0.3, 0.4) is 0 Å². The first-order chi connectivity index (χ1) is 12.8. The Kier molecular flexibility index (Phi) is 4.65. The summed E-state index contributed by atoms with van der Waals surface area (Å²) >= 11 is 1.46. The van der Waals surface area contributed by atoms with Crippen LogP contribution in [0.2, 0.25) is 0 Å². The third kappa shape index (κ3) is 3.60. The maximum atomic E-state index is 5.33. The fourth-order valence-electron chi connectivity index (χ4n) is 2.31. The van der Waals surface area contributed by atoms with Crippen molar-refractivity contribution in [3.63, 3.8) is 0 Å². The summed E-state index contributed by atoms with van der Waals surface area (Å²) in [6.07, 6.45) is 1.69. The van der Waals surface area contributed by atoms with Gasteiger partial charge in [0.1, 0.15) is 12.1 Å². The van der Waals surface area contributed by atoms with E-state index in [9.17, 15) is 0 Å². The molecule has 0 saturated carbocycles. The van der Waals surface area contributed by atoms with Gasteiger partial charge in [0.25, 0.3) is 5.89 Å². The van der Waals surface area contributed by atoms with Crippen LogP contribution in [-0.4, -0.2) is 32.0 Å². The first-order valence-electron chi connectivity index (χ1n) is 7.89. The van der Waals surface area contributed by atoms with Gasteiger partial charge in [-0.3, -0.25) is 0 Å². The van der Waals surface area contributed by atoms with Gasteiger partial charge in [-0.25, -0.2) is 9.67 Å². The highest BCUT2D eigenvalue weighted by molar-refractivity contribution is 7.98. The first kappa shape index (κ1) is 16.3. The molecule has 2 heterocycles. The van der Waals surface area contributed by atoms with Gasteiger partial charge in [-0.15, -0.1) is 5.10 Å². The van der Waals surface area contributed by atoms with Crippen LogP contribution in [0.25, 0.3) is 17.1 Å². The van der Waals surface area contributed by atoms with Crippen LogP contribution in [0, 0.1) is 0 Å². The number of hydrogen-bond donors (Lipinski definition) is 0. The van der Waals surface area contributed by atoms with E-state index in [1.165, 1.54) is 11.8 Å². The molecule has 0 atom stereocenters. The molecule has 130 valence electrons. The molecule has 0 fully saturated rings. The molecule has 0 spiro atoms. The van der Waals surface area contributed by atoms with Crippen molar-refractivity contribution in [1.82, 2.24) is 24.9 Å². The molecule has 0 unspecified atom stereocenters. The number of rotatable bonds is 6. The Labute approximate surface area is 154 Å². The summed E-state index contributed by atoms with van der Waals surface area (Å²) in [6, 6.07) is 17.3. The van der Waals surface area contributed by atoms with Gasteiger partial charge in [0.05, 0.1) is 18.6 Å². The molecule has 4 rings (SSSR count). The maximum absolute atomic E-state index is 5.33. The van der Waals surface area contributed by atoms with Crippen molar-refractivity contribution in [1.29, 1.82) is 0 Å². The summed E-state index contributed by atoms with van der Waals surface area (Å²) in [6.45, 7) is 0. The highest BCUT2D eigenvalue weighted by Gasteiger charge is 2.11. The van der Waals surface area contributed by atoms with E-state index in [1.807, 2.05) is 54.6 Å². The zero-order chi connectivity index (χ0) is 17.8. The van der Waals surface area contributed by atoms with Crippen molar-refractivity contribution >= 4 is 11.8 Å². The molecule has 0 saturated heterocycles. The average Bonchev–Trinajstić information content (AvgIpc) is 3.37. The number of ether oxygens (including phenoxy) is 1. The number of hydrogen-bond acceptors (Lipinski definition) is 7. The molecule has 0 amide bonds. The Morgan fingerprint density at radius 2 is 1.88 bits per heavy atom. The normalized spacial score (nSPS) is 10.8. The fraction of sp³-hybridized carbons (Fsp3) is 0.111. The summed E-state index contributed by atoms with van der Waals surface area (Å²) < 4.78 is 12.2. The molecule has 0 aliphatic rings. The van der Waals surface area contributed by atoms with Gasteiger partial charge in [-0.05, 0) is 36.4 Å². The van der Waals surface area contributed by atoms with Crippen LogP contribution in [0.5, 0.6) is 5.75 Å². The lowest BCUT2D eigenvalue weighted by atomic mass is 10.2. The maximum Gasteiger partial charge on any atom is 0.257 e. The van der Waals surface area contributed by atoms with E-state index in [2.05, 4.69) is 20.2 Å². The Balaban J connectivity index is 1.41. The molecule has 4 aromatic rings. The van der Waals surface area contributed by atoms with Crippen LogP contribution in [0.4, 0.5) is 0 Å². The minimum absolute atomic E-state index is 0.478. The molecule has 26 heavy (non-hydrogen) atoms. The summed E-state index contributed by atoms with van der Waals surface area (Å²) in [7, 11) is 1.63. The second-order valence-corrected chi connectivity index (χ2v) is 6.28. The number of methoxy groups -OCH3 is 1. The second-order valence-electron chi connectivity index (χ2n) is 5.34. The van der Waals surface area contributed by atoms with E-state index in [0.29, 0.717) is 22.6 Å². The number of aromatic nitrogens is 5. The lowest BCUT2D eigenvalue weighted by molar-refractivity contribution is 0.414. The van der Waals surface area contributed by atoms with Crippen molar-refractivity contribution in [2.75, 3.05) is 7.11 Å². The van der Waals surface area contributed by atoms with Crippen LogP contribution in [0.15, 0.2) is 70.6 Å². The molecular weight excluding hydrogens is 350 g/mol. The Morgan fingerprint density at radius 3 is 2.65 bits per heavy atom. The average molecular weight is 365 g/mol. The van der Waals surface area contributed by atoms with E-state index in [1.54, 1.807) is 18.1 Å². The van der Waals surface area contributed by atoms with E-state index < -0.39 is 0 Å². The molecule has 0 N–H and O–H groups in total. The van der Waals surface area contributed by atoms with Crippen molar-refractivity contribution in [2.45, 2.75) is 10.9 Å². The molecule has 2 aromatic heterocycles. The fourth-order valence-corrected chi connectivity index (χ4v) is 2.95. The van der Waals surface area contributed by atoms with Gasteiger partial charge < -0.3 is 9.26 Å². The standard InChI is InChI=1S/C18H15N5O2S/c1-24-15-9-7-13(8-10-15)17-20-16(22-25-17)11-26-18-19-12-23(21-18)14-5-3-2-4-6-14/h2-10,12H,11H2,1H3. The van der Waals surface area contributed by atoms with E-state index in [-0.39, 0.29) is 0 Å². The third-order valence-corrected chi connectivity index (χ3v) is 4.47. The highest BCUT2D eigenvalue weighted by Crippen LogP contribution is 2.23. The Hall–Kier alpha value is -3.13. The number of thioether (sulfide) groups is 1. The number of nitrogens with zero attached hydrogens (tertiary/aromatic N) is 5. The zero-order valence-electron chi connectivity index (χ0n) is 13.9. The smallest absolute Gasteiger partial charge is 0.257 e. The molecular formula is C18H15N5O2S. The van der Waals surface area contributed by atoms with Crippen molar-refractivity contribution in [2.24, 2.45) is 0 Å². The second kappa shape index (κ2) is 7.40. The van der Waals surface area contributed by atoms with E-state index >= 15 is 0 Å². The molecule has 8 heteroatoms. The Bertz CT molecular complexity index is 982. The summed E-state index contributed by atoms with van der Waals surface area (Å²) in [5, 5.41) is 9.12. The lowest BCUT2D eigenvalue weighted by Crippen LogP contribution is -1.93. The van der Waals surface area contributed by atoms with Crippen LogP contribution >= 0.6 is 11.8 Å². The van der Waals surface area contributed by atoms with Crippen molar-refractivity contribution < 1.29 is 9.26 Å². The van der Waals surface area contributed by atoms with Gasteiger partial charge in [0.2, 0.25) is 5.16 Å². The molecule has 0 aliphatic carbocycles. The third-order valence-electron chi connectivity index (χ3n) is 3.63. The van der Waals surface area contributed by atoms with E-state index in [0.717, 1.165) is 17.0 Å². The van der Waals surface area contributed by atoms with Crippen molar-refractivity contribution in [3.05, 3.63) is 66.7 Å². The predicted molar refractivity (Wildman–Crippen MR) is 97.2 cm³/mol. The molecule has 0 radical (unpaired) electrons. The van der Waals surface area contributed by atoms with Gasteiger partial charge in [-0.2, -0.15) is 4.98 Å². The van der Waals surface area contributed by atoms with Crippen LogP contribution in [-0.2, 0) is 5.75 Å². The quantitative estimate of drug-likeness (QED) is 0.483. The molecule has 7 nitrogen and oxygen atoms in total. The Morgan fingerprint density at radius 1 is 1.08 bits per heavy atom. The van der Waals surface area contributed by atoms with E-state index in [4.69, 9.17) is 9.26 Å². The summed E-state index contributed by atoms with van der Waals surface area (Å²) in [5.41, 5.74) is 1.81.